The van der Waals surface area contributed by atoms with Crippen LogP contribution in [0.1, 0.15) is 23.3 Å². The molecular weight excluding hydrogens is 264 g/mol. The maximum atomic E-state index is 12.5. The van der Waals surface area contributed by atoms with Crippen LogP contribution in [0.15, 0.2) is 18.3 Å². The number of carbonyl (C=O) groups excluding carboxylic acids is 1. The first kappa shape index (κ1) is 11.7. The number of aliphatic hydroxyl groups excluding tert-OH is 1. The Kier molecular flexibility index (Phi) is 2.42. The third-order valence-electron chi connectivity index (χ3n) is 5.05. The molecule has 19 heavy (non-hydrogen) atoms. The normalized spacial score (nSPS) is 39.1. The van der Waals surface area contributed by atoms with Crippen LogP contribution in [-0.2, 0) is 0 Å². The van der Waals surface area contributed by atoms with E-state index in [1.54, 1.807) is 18.3 Å². The molecule has 1 aromatic rings. The topological polar surface area (TPSA) is 53.4 Å². The molecule has 0 aromatic carbocycles. The molecule has 3 aliphatic rings. The van der Waals surface area contributed by atoms with Gasteiger partial charge >= 0.3 is 0 Å². The number of pyridine rings is 1. The molecule has 4 nitrogen and oxygen atoms in total. The lowest BCUT2D eigenvalue weighted by Crippen LogP contribution is -2.44. The Morgan fingerprint density at radius 2 is 2.26 bits per heavy atom. The molecule has 2 bridgehead atoms. The SMILES string of the molecule is O=C(c1cc(Cl)ccn1)N1CC2CC3CC2C1C3O. The molecule has 5 unspecified atom stereocenters. The van der Waals surface area contributed by atoms with E-state index in [-0.39, 0.29) is 18.1 Å². The second-order valence-corrected chi connectivity index (χ2v) is 6.39. The molecule has 1 N–H and O–H groups in total. The van der Waals surface area contributed by atoms with E-state index in [1.807, 2.05) is 4.90 Å². The van der Waals surface area contributed by atoms with Crippen LogP contribution in [-0.4, -0.2) is 39.6 Å². The van der Waals surface area contributed by atoms with Crippen LogP contribution in [0, 0.1) is 17.8 Å². The Bertz CT molecular complexity index is 548. The number of fused-ring (bicyclic) bond motifs is 1. The van der Waals surface area contributed by atoms with Gasteiger partial charge in [-0.15, -0.1) is 0 Å². The van der Waals surface area contributed by atoms with Gasteiger partial charge in [-0.05, 0) is 42.7 Å². The van der Waals surface area contributed by atoms with E-state index in [0.29, 0.717) is 28.5 Å². The van der Waals surface area contributed by atoms with Crippen molar-refractivity contribution < 1.29 is 9.90 Å². The number of nitrogens with zero attached hydrogens (tertiary/aromatic N) is 2. The summed E-state index contributed by atoms with van der Waals surface area (Å²) in [6, 6.07) is 3.26. The highest BCUT2D eigenvalue weighted by atomic mass is 35.5. The standard InChI is InChI=1S/C14H15ClN2O2/c15-9-1-2-16-11(5-9)14(19)17-6-8-3-7-4-10(8)12(17)13(7)18/h1-2,5,7-8,10,12-13,18H,3-4,6H2. The lowest BCUT2D eigenvalue weighted by Gasteiger charge is -2.28. The maximum absolute atomic E-state index is 12.5. The third-order valence-corrected chi connectivity index (χ3v) is 5.29. The summed E-state index contributed by atoms with van der Waals surface area (Å²) in [5.41, 5.74) is 0.379. The van der Waals surface area contributed by atoms with Crippen LogP contribution >= 0.6 is 11.6 Å². The fourth-order valence-electron chi connectivity index (χ4n) is 4.32. The zero-order chi connectivity index (χ0) is 13.1. The zero-order valence-corrected chi connectivity index (χ0v) is 11.1. The molecule has 100 valence electrons. The molecule has 2 aliphatic carbocycles. The minimum Gasteiger partial charge on any atom is -0.391 e. The van der Waals surface area contributed by atoms with E-state index in [4.69, 9.17) is 11.6 Å². The fourth-order valence-corrected chi connectivity index (χ4v) is 4.48. The number of halogens is 1. The Morgan fingerprint density at radius 3 is 3.00 bits per heavy atom. The van der Waals surface area contributed by atoms with Gasteiger partial charge in [-0.2, -0.15) is 0 Å². The molecule has 1 saturated heterocycles. The minimum atomic E-state index is -0.355. The van der Waals surface area contributed by atoms with E-state index in [2.05, 4.69) is 4.98 Å². The smallest absolute Gasteiger partial charge is 0.272 e. The maximum Gasteiger partial charge on any atom is 0.272 e. The molecule has 0 radical (unpaired) electrons. The number of aromatic nitrogens is 1. The van der Waals surface area contributed by atoms with Gasteiger partial charge in [0, 0.05) is 17.8 Å². The highest BCUT2D eigenvalue weighted by Crippen LogP contribution is 2.55. The fraction of sp³-hybridized carbons (Fsp3) is 0.571. The van der Waals surface area contributed by atoms with Gasteiger partial charge in [0.1, 0.15) is 5.69 Å². The van der Waals surface area contributed by atoms with Crippen molar-refractivity contribution in [2.45, 2.75) is 25.0 Å². The number of rotatable bonds is 1. The van der Waals surface area contributed by atoms with E-state index < -0.39 is 0 Å². The van der Waals surface area contributed by atoms with Crippen LogP contribution in [0.4, 0.5) is 0 Å². The van der Waals surface area contributed by atoms with Crippen LogP contribution in [0.2, 0.25) is 5.02 Å². The first-order chi connectivity index (χ1) is 9.15. The van der Waals surface area contributed by atoms with Crippen molar-refractivity contribution in [2.75, 3.05) is 6.54 Å². The predicted molar refractivity (Wildman–Crippen MR) is 69.8 cm³/mol. The van der Waals surface area contributed by atoms with Crippen molar-refractivity contribution in [3.8, 4) is 0 Å². The number of carbonyl (C=O) groups is 1. The summed E-state index contributed by atoms with van der Waals surface area (Å²) in [6.07, 6.45) is 3.33. The second-order valence-electron chi connectivity index (χ2n) is 5.95. The van der Waals surface area contributed by atoms with Crippen molar-refractivity contribution in [3.63, 3.8) is 0 Å². The van der Waals surface area contributed by atoms with Crippen molar-refractivity contribution in [3.05, 3.63) is 29.0 Å². The first-order valence-electron chi connectivity index (χ1n) is 6.76. The molecule has 5 heteroatoms. The lowest BCUT2D eigenvalue weighted by atomic mass is 9.88. The van der Waals surface area contributed by atoms with Crippen molar-refractivity contribution in [2.24, 2.45) is 17.8 Å². The first-order valence-corrected chi connectivity index (χ1v) is 7.13. The highest BCUT2D eigenvalue weighted by Gasteiger charge is 2.60. The molecule has 2 heterocycles. The van der Waals surface area contributed by atoms with E-state index in [1.165, 1.54) is 0 Å². The van der Waals surface area contributed by atoms with Crippen molar-refractivity contribution in [1.82, 2.24) is 9.88 Å². The highest BCUT2D eigenvalue weighted by molar-refractivity contribution is 6.30. The van der Waals surface area contributed by atoms with E-state index in [9.17, 15) is 9.90 Å². The minimum absolute atomic E-state index is 0.00275. The Hall–Kier alpha value is -1.13. The molecule has 1 aliphatic heterocycles. The van der Waals surface area contributed by atoms with Gasteiger partial charge in [0.2, 0.25) is 0 Å². The van der Waals surface area contributed by atoms with Gasteiger partial charge in [-0.3, -0.25) is 9.78 Å². The van der Waals surface area contributed by atoms with Crippen LogP contribution in [0.5, 0.6) is 0 Å². The second kappa shape index (κ2) is 3.93. The van der Waals surface area contributed by atoms with Crippen LogP contribution in [0.3, 0.4) is 0 Å². The molecule has 1 amide bonds. The predicted octanol–water partition coefficient (Wildman–Crippen LogP) is 1.58. The molecule has 4 rings (SSSR count). The third kappa shape index (κ3) is 1.56. The molecular formula is C14H15ClN2O2. The number of aliphatic hydroxyl groups is 1. The Balaban J connectivity index is 1.65. The zero-order valence-electron chi connectivity index (χ0n) is 10.4. The molecule has 3 fully saturated rings. The Morgan fingerprint density at radius 1 is 1.42 bits per heavy atom. The molecule has 2 saturated carbocycles. The Labute approximate surface area is 116 Å². The van der Waals surface area contributed by atoms with Crippen LogP contribution in [0.25, 0.3) is 0 Å². The van der Waals surface area contributed by atoms with Crippen molar-refractivity contribution in [1.29, 1.82) is 0 Å². The summed E-state index contributed by atoms with van der Waals surface area (Å²) < 4.78 is 0. The van der Waals surface area contributed by atoms with Gasteiger partial charge in [-0.1, -0.05) is 11.6 Å². The molecule has 5 atom stereocenters. The summed E-state index contributed by atoms with van der Waals surface area (Å²) in [5, 5.41) is 10.8. The summed E-state index contributed by atoms with van der Waals surface area (Å²) in [7, 11) is 0. The van der Waals surface area contributed by atoms with Gasteiger partial charge in [0.05, 0.1) is 12.1 Å². The van der Waals surface area contributed by atoms with Crippen LogP contribution < -0.4 is 0 Å². The number of amides is 1. The number of likely N-dealkylation sites (tertiary alicyclic amines) is 1. The van der Waals surface area contributed by atoms with Gasteiger partial charge in [-0.25, -0.2) is 0 Å². The van der Waals surface area contributed by atoms with Gasteiger partial charge < -0.3 is 10.0 Å². The van der Waals surface area contributed by atoms with Crippen molar-refractivity contribution >= 4 is 17.5 Å². The van der Waals surface area contributed by atoms with Gasteiger partial charge in [0.15, 0.2) is 0 Å². The molecule has 1 aromatic heterocycles. The summed E-state index contributed by atoms with van der Waals surface area (Å²) in [6.45, 7) is 0.760. The quantitative estimate of drug-likeness (QED) is 0.848. The average Bonchev–Trinajstić information content (AvgIpc) is 2.99. The number of hydrogen-bond donors (Lipinski definition) is 1. The largest absolute Gasteiger partial charge is 0.391 e. The monoisotopic (exact) mass is 278 g/mol. The lowest BCUT2D eigenvalue weighted by molar-refractivity contribution is 0.0398. The summed E-state index contributed by atoms with van der Waals surface area (Å²) >= 11 is 5.91. The van der Waals surface area contributed by atoms with Gasteiger partial charge in [0.25, 0.3) is 5.91 Å². The van der Waals surface area contributed by atoms with E-state index >= 15 is 0 Å². The van der Waals surface area contributed by atoms with E-state index in [0.717, 1.165) is 19.4 Å². The number of hydrogen-bond acceptors (Lipinski definition) is 3. The molecule has 0 spiro atoms. The average molecular weight is 279 g/mol. The summed E-state index contributed by atoms with van der Waals surface area (Å²) in [4.78, 5) is 18.5. The summed E-state index contributed by atoms with van der Waals surface area (Å²) in [5.74, 6) is 1.36.